The van der Waals surface area contributed by atoms with Gasteiger partial charge in [-0.15, -0.1) is 11.3 Å². The van der Waals surface area contributed by atoms with Crippen molar-refractivity contribution in [3.63, 3.8) is 0 Å². The zero-order valence-corrected chi connectivity index (χ0v) is 29.6. The van der Waals surface area contributed by atoms with Crippen molar-refractivity contribution in [2.45, 2.75) is 0 Å². The van der Waals surface area contributed by atoms with Crippen LogP contribution in [0.3, 0.4) is 0 Å². The highest BCUT2D eigenvalue weighted by Gasteiger charge is 2.20. The molecule has 0 aliphatic carbocycles. The Kier molecular flexibility index (Phi) is 6.76. The number of para-hydroxylation sites is 1. The molecule has 0 aliphatic rings. The molecule has 11 aromatic rings. The van der Waals surface area contributed by atoms with Crippen LogP contribution in [0.15, 0.2) is 194 Å². The maximum Gasteiger partial charge on any atom is 0.0554 e. The lowest BCUT2D eigenvalue weighted by molar-refractivity contribution is 1.18. The van der Waals surface area contributed by atoms with Crippen molar-refractivity contribution in [1.82, 2.24) is 4.57 Å². The maximum atomic E-state index is 2.44. The van der Waals surface area contributed by atoms with Crippen molar-refractivity contribution >= 4 is 91.9 Å². The number of benzene rings is 9. The fraction of sp³-hybridized carbons (Fsp3) is 0. The SMILES string of the molecule is c1cc(-c2ccc3ccccc3c2)cc(N(c2ccc(-n3c4ccccc4c4cc5ccccc5cc43)cc2)c2cccc3sc4ccccc4c23)c1. The molecule has 2 aromatic heterocycles. The normalized spacial score (nSPS) is 11.8. The van der Waals surface area contributed by atoms with Gasteiger partial charge in [-0.3, -0.25) is 0 Å². The highest BCUT2D eigenvalue weighted by molar-refractivity contribution is 7.26. The average molecular weight is 693 g/mol. The zero-order chi connectivity index (χ0) is 34.9. The Morgan fingerprint density at radius 1 is 0.377 bits per heavy atom. The standard InChI is InChI=1S/C50H32N2S/c1-2-12-34-29-38(24-23-33(34)11-1)35-15-9-16-41(30-35)51(46-20-10-22-49-50(46)43-18-6-8-21-48(43)53-49)39-25-27-40(28-26-39)52-45-19-7-5-17-42(45)44-31-36-13-3-4-14-37(36)32-47(44)52/h1-32H. The van der Waals surface area contributed by atoms with Crippen LogP contribution in [0.1, 0.15) is 0 Å². The topological polar surface area (TPSA) is 8.17 Å². The molecule has 0 saturated carbocycles. The molecule has 0 N–H and O–H groups in total. The molecule has 2 nitrogen and oxygen atoms in total. The smallest absolute Gasteiger partial charge is 0.0554 e. The molecule has 0 aliphatic heterocycles. The Morgan fingerprint density at radius 2 is 1.04 bits per heavy atom. The summed E-state index contributed by atoms with van der Waals surface area (Å²) in [6.07, 6.45) is 0. The number of thiophene rings is 1. The molecular weight excluding hydrogens is 661 g/mol. The third-order valence-corrected chi connectivity index (χ3v) is 11.9. The Bertz CT molecular complexity index is 3180. The van der Waals surface area contributed by atoms with Crippen molar-refractivity contribution < 1.29 is 0 Å². The lowest BCUT2D eigenvalue weighted by atomic mass is 10.00. The summed E-state index contributed by atoms with van der Waals surface area (Å²) in [6, 6.07) is 71.1. The molecule has 11 rings (SSSR count). The highest BCUT2D eigenvalue weighted by atomic mass is 32.1. The van der Waals surface area contributed by atoms with E-state index in [1.807, 2.05) is 11.3 Å². The van der Waals surface area contributed by atoms with Gasteiger partial charge in [0.15, 0.2) is 0 Å². The molecule has 248 valence electrons. The van der Waals surface area contributed by atoms with E-state index in [0.717, 1.165) is 17.1 Å². The second kappa shape index (κ2) is 11.9. The first-order valence-electron chi connectivity index (χ1n) is 18.1. The maximum absolute atomic E-state index is 2.44. The summed E-state index contributed by atoms with van der Waals surface area (Å²) in [7, 11) is 0. The second-order valence-corrected chi connectivity index (χ2v) is 14.9. The molecule has 2 heterocycles. The molecule has 0 spiro atoms. The minimum atomic E-state index is 1.11. The highest BCUT2D eigenvalue weighted by Crippen LogP contribution is 2.46. The third-order valence-electron chi connectivity index (χ3n) is 10.7. The van der Waals surface area contributed by atoms with E-state index in [0.29, 0.717) is 0 Å². The number of anilines is 3. The van der Waals surface area contributed by atoms with Crippen LogP contribution in [0.25, 0.3) is 80.3 Å². The minimum absolute atomic E-state index is 1.11. The molecule has 0 saturated heterocycles. The summed E-state index contributed by atoms with van der Waals surface area (Å²) in [5.74, 6) is 0. The third kappa shape index (κ3) is 4.86. The van der Waals surface area contributed by atoms with Gasteiger partial charge in [0.2, 0.25) is 0 Å². The van der Waals surface area contributed by atoms with E-state index in [2.05, 4.69) is 204 Å². The predicted molar refractivity (Wildman–Crippen MR) is 229 cm³/mol. The quantitative estimate of drug-likeness (QED) is 0.174. The van der Waals surface area contributed by atoms with Gasteiger partial charge in [0.05, 0.1) is 16.7 Å². The van der Waals surface area contributed by atoms with E-state index in [1.54, 1.807) is 0 Å². The van der Waals surface area contributed by atoms with Crippen LogP contribution >= 0.6 is 11.3 Å². The van der Waals surface area contributed by atoms with E-state index in [-0.39, 0.29) is 0 Å². The van der Waals surface area contributed by atoms with Gasteiger partial charge in [-0.1, -0.05) is 115 Å². The Hall–Kier alpha value is -6.68. The zero-order valence-electron chi connectivity index (χ0n) is 28.8. The molecule has 53 heavy (non-hydrogen) atoms. The molecule has 0 amide bonds. The molecule has 0 atom stereocenters. The fourth-order valence-corrected chi connectivity index (χ4v) is 9.37. The van der Waals surface area contributed by atoms with Gasteiger partial charge < -0.3 is 9.47 Å². The van der Waals surface area contributed by atoms with Crippen molar-refractivity contribution in [3.05, 3.63) is 194 Å². The fourth-order valence-electron chi connectivity index (χ4n) is 8.25. The van der Waals surface area contributed by atoms with Crippen molar-refractivity contribution in [2.24, 2.45) is 0 Å². The Morgan fingerprint density at radius 3 is 1.89 bits per heavy atom. The van der Waals surface area contributed by atoms with Crippen LogP contribution in [-0.4, -0.2) is 4.57 Å². The largest absolute Gasteiger partial charge is 0.310 e. The lowest BCUT2D eigenvalue weighted by Crippen LogP contribution is -2.10. The summed E-state index contributed by atoms with van der Waals surface area (Å²) in [5.41, 5.74) is 9.36. The van der Waals surface area contributed by atoms with Gasteiger partial charge >= 0.3 is 0 Å². The molecular formula is C50H32N2S. The summed E-state index contributed by atoms with van der Waals surface area (Å²) < 4.78 is 5.00. The molecule has 0 bridgehead atoms. The van der Waals surface area contributed by atoms with E-state index in [4.69, 9.17) is 0 Å². The second-order valence-electron chi connectivity index (χ2n) is 13.8. The lowest BCUT2D eigenvalue weighted by Gasteiger charge is -2.27. The van der Waals surface area contributed by atoms with Crippen molar-refractivity contribution in [3.8, 4) is 16.8 Å². The number of fused-ring (bicyclic) bond motifs is 8. The summed E-state index contributed by atoms with van der Waals surface area (Å²) in [4.78, 5) is 2.44. The molecule has 0 unspecified atom stereocenters. The first kappa shape index (κ1) is 30.0. The monoisotopic (exact) mass is 692 g/mol. The Labute approximate surface area is 311 Å². The van der Waals surface area contributed by atoms with E-state index in [1.165, 1.54) is 80.3 Å². The predicted octanol–water partition coefficient (Wildman–Crippen LogP) is 14.6. The van der Waals surface area contributed by atoms with Gasteiger partial charge in [0, 0.05) is 48.0 Å². The number of rotatable bonds is 5. The Balaban J connectivity index is 1.11. The van der Waals surface area contributed by atoms with E-state index >= 15 is 0 Å². The van der Waals surface area contributed by atoms with Crippen LogP contribution in [0, 0.1) is 0 Å². The molecule has 3 heteroatoms. The van der Waals surface area contributed by atoms with Crippen LogP contribution < -0.4 is 4.90 Å². The minimum Gasteiger partial charge on any atom is -0.310 e. The number of aromatic nitrogens is 1. The summed E-state index contributed by atoms with van der Waals surface area (Å²) in [6.45, 7) is 0. The van der Waals surface area contributed by atoms with Crippen LogP contribution in [0.2, 0.25) is 0 Å². The van der Waals surface area contributed by atoms with E-state index in [9.17, 15) is 0 Å². The van der Waals surface area contributed by atoms with Crippen LogP contribution in [0.5, 0.6) is 0 Å². The van der Waals surface area contributed by atoms with Crippen LogP contribution in [-0.2, 0) is 0 Å². The summed E-state index contributed by atoms with van der Waals surface area (Å²) in [5, 5.41) is 10.1. The van der Waals surface area contributed by atoms with E-state index < -0.39 is 0 Å². The van der Waals surface area contributed by atoms with Gasteiger partial charge in [-0.05, 0) is 112 Å². The first-order chi connectivity index (χ1) is 26.3. The first-order valence-corrected chi connectivity index (χ1v) is 18.9. The summed E-state index contributed by atoms with van der Waals surface area (Å²) >= 11 is 1.86. The number of hydrogen-bond acceptors (Lipinski definition) is 2. The van der Waals surface area contributed by atoms with Crippen molar-refractivity contribution in [1.29, 1.82) is 0 Å². The van der Waals surface area contributed by atoms with Crippen LogP contribution in [0.4, 0.5) is 17.1 Å². The van der Waals surface area contributed by atoms with Crippen molar-refractivity contribution in [2.75, 3.05) is 4.90 Å². The number of nitrogens with zero attached hydrogens (tertiary/aromatic N) is 2. The average Bonchev–Trinajstić information content (AvgIpc) is 3.76. The van der Waals surface area contributed by atoms with Gasteiger partial charge in [0.1, 0.15) is 0 Å². The van der Waals surface area contributed by atoms with Gasteiger partial charge in [-0.25, -0.2) is 0 Å². The molecule has 0 fully saturated rings. The molecule has 0 radical (unpaired) electrons. The van der Waals surface area contributed by atoms with Gasteiger partial charge in [0.25, 0.3) is 0 Å². The van der Waals surface area contributed by atoms with Gasteiger partial charge in [-0.2, -0.15) is 0 Å². The number of hydrogen-bond donors (Lipinski definition) is 0. The molecule has 9 aromatic carbocycles.